The van der Waals surface area contributed by atoms with Crippen LogP contribution in [-0.4, -0.2) is 27.9 Å². The molecular weight excluding hydrogens is 312 g/mol. The number of hydrogen-bond acceptors (Lipinski definition) is 4. The Morgan fingerprint density at radius 1 is 1.28 bits per heavy atom. The Morgan fingerprint density at radius 3 is 2.76 bits per heavy atom. The summed E-state index contributed by atoms with van der Waals surface area (Å²) in [6, 6.07) is 13.8. The predicted molar refractivity (Wildman–Crippen MR) is 97.0 cm³/mol. The molecule has 1 fully saturated rings. The van der Waals surface area contributed by atoms with Crippen LogP contribution >= 0.6 is 0 Å². The maximum Gasteiger partial charge on any atom is 0.254 e. The fourth-order valence-corrected chi connectivity index (χ4v) is 3.38. The Hall–Kier alpha value is -2.87. The summed E-state index contributed by atoms with van der Waals surface area (Å²) in [5, 5.41) is 12.3. The van der Waals surface area contributed by atoms with E-state index < -0.39 is 0 Å². The lowest BCUT2D eigenvalue weighted by molar-refractivity contribution is 0.0692. The molecule has 2 heterocycles. The summed E-state index contributed by atoms with van der Waals surface area (Å²) in [4.78, 5) is 19.0. The second kappa shape index (κ2) is 7.35. The summed E-state index contributed by atoms with van der Waals surface area (Å²) in [6.45, 7) is 4.73. The molecule has 2 aromatic rings. The molecule has 2 atom stereocenters. The molecule has 0 saturated carbocycles. The molecule has 3 rings (SSSR count). The standard InChI is InChI=1S/C20H22N4O/c1-14-8-9-15(2)24(14)20(25)17-6-3-5-16(11-17)13-23-19-18(12-21)7-4-10-22-19/h3-7,10-11,14-15H,8-9,13H2,1-2H3,(H,22,23). The van der Waals surface area contributed by atoms with Crippen molar-refractivity contribution in [3.8, 4) is 6.07 Å². The maximum absolute atomic E-state index is 12.8. The zero-order valence-electron chi connectivity index (χ0n) is 14.6. The lowest BCUT2D eigenvalue weighted by Gasteiger charge is -2.26. The highest BCUT2D eigenvalue weighted by Crippen LogP contribution is 2.26. The minimum absolute atomic E-state index is 0.0925. The van der Waals surface area contributed by atoms with Gasteiger partial charge >= 0.3 is 0 Å². The third-order valence-corrected chi connectivity index (χ3v) is 4.75. The van der Waals surface area contributed by atoms with Gasteiger partial charge in [0.1, 0.15) is 11.9 Å². The molecule has 0 bridgehead atoms. The van der Waals surface area contributed by atoms with Crippen molar-refractivity contribution >= 4 is 11.7 Å². The van der Waals surface area contributed by atoms with Crippen LogP contribution < -0.4 is 5.32 Å². The molecule has 2 unspecified atom stereocenters. The van der Waals surface area contributed by atoms with Gasteiger partial charge in [0.05, 0.1) is 5.56 Å². The summed E-state index contributed by atoms with van der Waals surface area (Å²) in [5.41, 5.74) is 2.20. The van der Waals surface area contributed by atoms with Gasteiger partial charge in [0.15, 0.2) is 0 Å². The first-order valence-corrected chi connectivity index (χ1v) is 8.60. The monoisotopic (exact) mass is 334 g/mol. The van der Waals surface area contributed by atoms with Crippen LogP contribution in [0.25, 0.3) is 0 Å². The quantitative estimate of drug-likeness (QED) is 0.928. The molecule has 1 N–H and O–H groups in total. The van der Waals surface area contributed by atoms with Crippen LogP contribution in [0.4, 0.5) is 5.82 Å². The van der Waals surface area contributed by atoms with Crippen LogP contribution in [0.1, 0.15) is 48.2 Å². The van der Waals surface area contributed by atoms with Crippen LogP contribution in [0.3, 0.4) is 0 Å². The third kappa shape index (κ3) is 3.63. The Morgan fingerprint density at radius 2 is 2.04 bits per heavy atom. The lowest BCUT2D eigenvalue weighted by atomic mass is 10.1. The van der Waals surface area contributed by atoms with E-state index in [4.69, 9.17) is 5.26 Å². The van der Waals surface area contributed by atoms with Gasteiger partial charge in [-0.05, 0) is 56.5 Å². The number of carbonyl (C=O) groups is 1. The van der Waals surface area contributed by atoms with Gasteiger partial charge in [-0.15, -0.1) is 0 Å². The molecular formula is C20H22N4O. The van der Waals surface area contributed by atoms with Crippen LogP contribution in [0.15, 0.2) is 42.6 Å². The molecule has 0 radical (unpaired) electrons. The minimum Gasteiger partial charge on any atom is -0.365 e. The Kier molecular flexibility index (Phi) is 4.99. The van der Waals surface area contributed by atoms with Gasteiger partial charge in [-0.2, -0.15) is 5.26 Å². The number of amides is 1. The summed E-state index contributed by atoms with van der Waals surface area (Å²) in [5.74, 6) is 0.651. The zero-order chi connectivity index (χ0) is 17.8. The molecule has 128 valence electrons. The van der Waals surface area contributed by atoms with Crippen molar-refractivity contribution in [3.63, 3.8) is 0 Å². The first-order chi connectivity index (χ1) is 12.1. The van der Waals surface area contributed by atoms with E-state index in [0.717, 1.165) is 18.4 Å². The number of likely N-dealkylation sites (tertiary alicyclic amines) is 1. The van der Waals surface area contributed by atoms with Crippen molar-refractivity contribution in [1.82, 2.24) is 9.88 Å². The molecule has 1 aliphatic rings. The largest absolute Gasteiger partial charge is 0.365 e. The Labute approximate surface area is 148 Å². The predicted octanol–water partition coefficient (Wildman–Crippen LogP) is 3.58. The molecule has 5 nitrogen and oxygen atoms in total. The highest BCUT2D eigenvalue weighted by atomic mass is 16.2. The van der Waals surface area contributed by atoms with Crippen molar-refractivity contribution in [3.05, 3.63) is 59.3 Å². The SMILES string of the molecule is CC1CCC(C)N1C(=O)c1cccc(CNc2ncccc2C#N)c1. The number of carbonyl (C=O) groups excluding carboxylic acids is 1. The van der Waals surface area contributed by atoms with E-state index in [1.54, 1.807) is 18.3 Å². The van der Waals surface area contributed by atoms with Crippen LogP contribution in [-0.2, 0) is 6.54 Å². The van der Waals surface area contributed by atoms with E-state index in [1.807, 2.05) is 29.2 Å². The zero-order valence-corrected chi connectivity index (χ0v) is 14.6. The highest BCUT2D eigenvalue weighted by Gasteiger charge is 2.31. The van der Waals surface area contributed by atoms with Gasteiger partial charge in [-0.3, -0.25) is 4.79 Å². The van der Waals surface area contributed by atoms with Gasteiger partial charge in [-0.25, -0.2) is 4.98 Å². The molecule has 0 spiro atoms. The number of aromatic nitrogens is 1. The summed E-state index contributed by atoms with van der Waals surface area (Å²) in [7, 11) is 0. The van der Waals surface area contributed by atoms with Crippen LogP contribution in [0.5, 0.6) is 0 Å². The maximum atomic E-state index is 12.8. The van der Waals surface area contributed by atoms with Crippen molar-refractivity contribution < 1.29 is 4.79 Å². The molecule has 0 aliphatic carbocycles. The third-order valence-electron chi connectivity index (χ3n) is 4.75. The van der Waals surface area contributed by atoms with Gasteiger partial charge in [-0.1, -0.05) is 12.1 Å². The number of nitrogens with one attached hydrogen (secondary N) is 1. The normalized spacial score (nSPS) is 19.5. The first kappa shape index (κ1) is 17.0. The minimum atomic E-state index is 0.0925. The Balaban J connectivity index is 1.74. The van der Waals surface area contributed by atoms with E-state index in [0.29, 0.717) is 23.5 Å². The lowest BCUT2D eigenvalue weighted by Crippen LogP contribution is -2.38. The average molecular weight is 334 g/mol. The molecule has 1 saturated heterocycles. The topological polar surface area (TPSA) is 69.0 Å². The Bertz CT molecular complexity index is 801. The van der Waals surface area contributed by atoms with E-state index in [9.17, 15) is 4.79 Å². The van der Waals surface area contributed by atoms with Crippen molar-refractivity contribution in [2.45, 2.75) is 45.3 Å². The summed E-state index contributed by atoms with van der Waals surface area (Å²) >= 11 is 0. The number of pyridine rings is 1. The molecule has 5 heteroatoms. The van der Waals surface area contributed by atoms with Gasteiger partial charge < -0.3 is 10.2 Å². The molecule has 1 aromatic heterocycles. The van der Waals surface area contributed by atoms with E-state index in [2.05, 4.69) is 30.2 Å². The van der Waals surface area contributed by atoms with Crippen molar-refractivity contribution in [2.24, 2.45) is 0 Å². The smallest absolute Gasteiger partial charge is 0.254 e. The summed E-state index contributed by atoms with van der Waals surface area (Å²) in [6.07, 6.45) is 3.77. The van der Waals surface area contributed by atoms with E-state index >= 15 is 0 Å². The number of benzene rings is 1. The fraction of sp³-hybridized carbons (Fsp3) is 0.350. The van der Waals surface area contributed by atoms with Crippen molar-refractivity contribution in [1.29, 1.82) is 5.26 Å². The van der Waals surface area contributed by atoms with E-state index in [1.165, 1.54) is 0 Å². The number of nitriles is 1. The average Bonchev–Trinajstić information content (AvgIpc) is 2.98. The first-order valence-electron chi connectivity index (χ1n) is 8.60. The van der Waals surface area contributed by atoms with Gasteiger partial charge in [0.25, 0.3) is 5.91 Å². The second-order valence-corrected chi connectivity index (χ2v) is 6.55. The molecule has 1 aromatic carbocycles. The van der Waals surface area contributed by atoms with Crippen molar-refractivity contribution in [2.75, 3.05) is 5.32 Å². The van der Waals surface area contributed by atoms with Gasteiger partial charge in [0.2, 0.25) is 0 Å². The number of anilines is 1. The fourth-order valence-electron chi connectivity index (χ4n) is 3.38. The number of nitrogens with zero attached hydrogens (tertiary/aromatic N) is 3. The number of rotatable bonds is 4. The highest BCUT2D eigenvalue weighted by molar-refractivity contribution is 5.95. The molecule has 1 amide bonds. The van der Waals surface area contributed by atoms with Crippen LogP contribution in [0.2, 0.25) is 0 Å². The van der Waals surface area contributed by atoms with Crippen LogP contribution in [0, 0.1) is 11.3 Å². The summed E-state index contributed by atoms with van der Waals surface area (Å²) < 4.78 is 0. The number of hydrogen-bond donors (Lipinski definition) is 1. The second-order valence-electron chi connectivity index (χ2n) is 6.55. The molecule has 1 aliphatic heterocycles. The van der Waals surface area contributed by atoms with E-state index in [-0.39, 0.29) is 18.0 Å². The van der Waals surface area contributed by atoms with Gasteiger partial charge in [0, 0.05) is 30.4 Å². The molecule has 25 heavy (non-hydrogen) atoms.